The van der Waals surface area contributed by atoms with E-state index < -0.39 is 22.0 Å². The van der Waals surface area contributed by atoms with Crippen molar-refractivity contribution in [2.24, 2.45) is 0 Å². The van der Waals surface area contributed by atoms with Crippen LogP contribution in [0.3, 0.4) is 0 Å². The summed E-state index contributed by atoms with van der Waals surface area (Å²) in [6, 6.07) is 16.6. The third kappa shape index (κ3) is 5.56. The van der Waals surface area contributed by atoms with Crippen LogP contribution in [0.5, 0.6) is 0 Å². The molecular weight excluding hydrogens is 492 g/mol. The number of carbonyl (C=O) groups excluding carboxylic acids is 2. The summed E-state index contributed by atoms with van der Waals surface area (Å²) in [6.45, 7) is 7.63. The minimum absolute atomic E-state index is 0.213. The maximum Gasteiger partial charge on any atom is 0.338 e. The van der Waals surface area contributed by atoms with E-state index in [1.54, 1.807) is 42.2 Å². The molecule has 0 saturated carbocycles. The Morgan fingerprint density at radius 1 is 1.03 bits per heavy atom. The van der Waals surface area contributed by atoms with Gasteiger partial charge in [0.2, 0.25) is 10.0 Å². The van der Waals surface area contributed by atoms with Crippen LogP contribution in [0.2, 0.25) is 0 Å². The molecule has 0 radical (unpaired) electrons. The fourth-order valence-corrected chi connectivity index (χ4v) is 6.64. The number of amides is 2. The van der Waals surface area contributed by atoms with Gasteiger partial charge in [0.1, 0.15) is 0 Å². The van der Waals surface area contributed by atoms with Crippen molar-refractivity contribution < 1.29 is 22.7 Å². The van der Waals surface area contributed by atoms with E-state index in [9.17, 15) is 18.0 Å². The fraction of sp³-hybridized carbons (Fsp3) is 0.407. The minimum Gasteiger partial charge on any atom is -0.463 e. The summed E-state index contributed by atoms with van der Waals surface area (Å²) in [6.07, 6.45) is 0. The average molecular weight is 527 g/mol. The highest BCUT2D eigenvalue weighted by molar-refractivity contribution is 7.89. The lowest BCUT2D eigenvalue weighted by atomic mass is 9.94. The number of piperazine rings is 1. The van der Waals surface area contributed by atoms with Crippen molar-refractivity contribution in [2.45, 2.75) is 37.8 Å². The van der Waals surface area contributed by atoms with Crippen LogP contribution in [0, 0.1) is 0 Å². The van der Waals surface area contributed by atoms with Gasteiger partial charge < -0.3 is 10.1 Å². The molecule has 10 heteroatoms. The predicted molar refractivity (Wildman–Crippen MR) is 140 cm³/mol. The van der Waals surface area contributed by atoms with E-state index in [0.717, 1.165) is 5.56 Å². The Bertz CT molecular complexity index is 1250. The highest BCUT2D eigenvalue weighted by Gasteiger charge is 2.40. The number of esters is 1. The third-order valence-electron chi connectivity index (χ3n) is 6.76. The number of carbonyl (C=O) groups is 2. The largest absolute Gasteiger partial charge is 0.463 e. The molecule has 1 fully saturated rings. The standard InChI is InChI=1S/C27H34N4O5S/c1-4-30-23(24(26(32)36-5-2)25(28-27(30)33)21-12-8-6-9-13-21)19-29-16-17-31(20(3)18-29)37(34,35)22-14-10-7-11-15-22/h6-15,20,25H,4-5,16-19H2,1-3H3,(H,28,33)/t20-,25-/m1/s1. The van der Waals surface area contributed by atoms with E-state index in [-0.39, 0.29) is 23.6 Å². The molecule has 0 aromatic heterocycles. The Kier molecular flexibility index (Phi) is 8.31. The van der Waals surface area contributed by atoms with Gasteiger partial charge >= 0.3 is 12.0 Å². The first-order chi connectivity index (χ1) is 17.8. The SMILES string of the molecule is CCOC(=O)C1=C(CN2CCN(S(=O)(=O)c3ccccc3)[C@H](C)C2)N(CC)C(=O)N[C@@H]1c1ccccc1. The second-order valence-electron chi connectivity index (χ2n) is 9.13. The van der Waals surface area contributed by atoms with E-state index in [2.05, 4.69) is 10.2 Å². The summed E-state index contributed by atoms with van der Waals surface area (Å²) < 4.78 is 33.4. The van der Waals surface area contributed by atoms with Crippen molar-refractivity contribution >= 4 is 22.0 Å². The molecule has 1 saturated heterocycles. The summed E-state index contributed by atoms with van der Waals surface area (Å²) in [5.41, 5.74) is 1.78. The van der Waals surface area contributed by atoms with Gasteiger partial charge in [0.15, 0.2) is 0 Å². The monoisotopic (exact) mass is 526 g/mol. The molecule has 2 aromatic carbocycles. The van der Waals surface area contributed by atoms with Crippen LogP contribution >= 0.6 is 0 Å². The number of benzene rings is 2. The molecule has 37 heavy (non-hydrogen) atoms. The molecule has 0 aliphatic carbocycles. The molecule has 2 atom stereocenters. The van der Waals surface area contributed by atoms with Gasteiger partial charge in [-0.1, -0.05) is 48.5 Å². The van der Waals surface area contributed by atoms with Gasteiger partial charge in [0.05, 0.1) is 23.1 Å². The van der Waals surface area contributed by atoms with Crippen molar-refractivity contribution in [3.05, 3.63) is 77.5 Å². The summed E-state index contributed by atoms with van der Waals surface area (Å²) >= 11 is 0. The summed E-state index contributed by atoms with van der Waals surface area (Å²) in [4.78, 5) is 30.3. The zero-order valence-corrected chi connectivity index (χ0v) is 22.3. The van der Waals surface area contributed by atoms with Crippen LogP contribution < -0.4 is 5.32 Å². The number of nitrogens with one attached hydrogen (secondary N) is 1. The lowest BCUT2D eigenvalue weighted by Crippen LogP contribution is -2.56. The van der Waals surface area contributed by atoms with Gasteiger partial charge in [0.25, 0.3) is 0 Å². The van der Waals surface area contributed by atoms with Crippen LogP contribution in [0.4, 0.5) is 4.79 Å². The van der Waals surface area contributed by atoms with Gasteiger partial charge in [-0.2, -0.15) is 4.31 Å². The Labute approximate surface area is 218 Å². The fourth-order valence-electron chi connectivity index (χ4n) is 5.01. The topological polar surface area (TPSA) is 99.3 Å². The van der Waals surface area contributed by atoms with Gasteiger partial charge in [-0.3, -0.25) is 9.80 Å². The number of rotatable bonds is 8. The van der Waals surface area contributed by atoms with Crippen molar-refractivity contribution in [3.63, 3.8) is 0 Å². The molecule has 0 spiro atoms. The molecule has 2 heterocycles. The highest BCUT2D eigenvalue weighted by Crippen LogP contribution is 2.32. The van der Waals surface area contributed by atoms with Gasteiger partial charge in [-0.25, -0.2) is 18.0 Å². The summed E-state index contributed by atoms with van der Waals surface area (Å²) in [7, 11) is -3.62. The number of hydrogen-bond acceptors (Lipinski definition) is 6. The zero-order chi connectivity index (χ0) is 26.6. The van der Waals surface area contributed by atoms with Crippen molar-refractivity contribution in [3.8, 4) is 0 Å². The molecule has 2 aromatic rings. The normalized spacial score (nSPS) is 21.6. The number of nitrogens with zero attached hydrogens (tertiary/aromatic N) is 3. The van der Waals surface area contributed by atoms with Crippen LogP contribution in [-0.4, -0.2) is 79.9 Å². The summed E-state index contributed by atoms with van der Waals surface area (Å²) in [5, 5.41) is 2.97. The maximum atomic E-state index is 13.2. The van der Waals surface area contributed by atoms with Crippen LogP contribution in [-0.2, 0) is 19.6 Å². The molecule has 2 aliphatic heterocycles. The molecule has 0 bridgehead atoms. The first-order valence-electron chi connectivity index (χ1n) is 12.6. The van der Waals surface area contributed by atoms with Gasteiger partial charge in [-0.15, -0.1) is 0 Å². The molecular formula is C27H34N4O5S. The van der Waals surface area contributed by atoms with Crippen LogP contribution in [0.15, 0.2) is 76.8 Å². The number of urea groups is 1. The van der Waals surface area contributed by atoms with E-state index in [0.29, 0.717) is 44.0 Å². The first kappa shape index (κ1) is 26.8. The molecule has 2 amide bonds. The van der Waals surface area contributed by atoms with E-state index in [1.807, 2.05) is 44.2 Å². The summed E-state index contributed by atoms with van der Waals surface area (Å²) in [5.74, 6) is -0.469. The minimum atomic E-state index is -3.62. The predicted octanol–water partition coefficient (Wildman–Crippen LogP) is 2.99. The van der Waals surface area contributed by atoms with Crippen LogP contribution in [0.1, 0.15) is 32.4 Å². The molecule has 0 unspecified atom stereocenters. The van der Waals surface area contributed by atoms with Crippen molar-refractivity contribution in [1.29, 1.82) is 0 Å². The quantitative estimate of drug-likeness (QED) is 0.531. The zero-order valence-electron chi connectivity index (χ0n) is 21.5. The van der Waals surface area contributed by atoms with E-state index in [4.69, 9.17) is 4.74 Å². The van der Waals surface area contributed by atoms with Crippen LogP contribution in [0.25, 0.3) is 0 Å². The Balaban J connectivity index is 1.64. The Morgan fingerprint density at radius 2 is 1.68 bits per heavy atom. The number of hydrogen-bond donors (Lipinski definition) is 1. The van der Waals surface area contributed by atoms with Crippen molar-refractivity contribution in [1.82, 2.24) is 19.4 Å². The average Bonchev–Trinajstić information content (AvgIpc) is 2.89. The van der Waals surface area contributed by atoms with E-state index in [1.165, 1.54) is 4.31 Å². The lowest BCUT2D eigenvalue weighted by molar-refractivity contribution is -0.139. The molecule has 9 nitrogen and oxygen atoms in total. The first-order valence-corrected chi connectivity index (χ1v) is 14.0. The molecule has 4 rings (SSSR count). The maximum absolute atomic E-state index is 13.2. The Morgan fingerprint density at radius 3 is 2.27 bits per heavy atom. The third-order valence-corrected chi connectivity index (χ3v) is 8.78. The molecule has 198 valence electrons. The number of sulfonamides is 1. The highest BCUT2D eigenvalue weighted by atomic mass is 32.2. The molecule has 1 N–H and O–H groups in total. The second-order valence-corrected chi connectivity index (χ2v) is 11.0. The number of likely N-dealkylation sites (N-methyl/N-ethyl adjacent to an activating group) is 1. The second kappa shape index (κ2) is 11.5. The van der Waals surface area contributed by atoms with Gasteiger partial charge in [-0.05, 0) is 38.5 Å². The lowest BCUT2D eigenvalue weighted by Gasteiger charge is -2.42. The smallest absolute Gasteiger partial charge is 0.338 e. The Hall–Kier alpha value is -3.21. The molecule has 2 aliphatic rings. The van der Waals surface area contributed by atoms with Crippen molar-refractivity contribution in [2.75, 3.05) is 39.3 Å². The van der Waals surface area contributed by atoms with Gasteiger partial charge in [0, 0.05) is 44.5 Å². The number of ether oxygens (including phenoxy) is 1. The van der Waals surface area contributed by atoms with E-state index >= 15 is 0 Å².